The lowest BCUT2D eigenvalue weighted by Crippen LogP contribution is -2.38. The Balaban J connectivity index is 2.36. The van der Waals surface area contributed by atoms with Crippen molar-refractivity contribution < 1.29 is 4.74 Å². The van der Waals surface area contributed by atoms with Gasteiger partial charge < -0.3 is 10.1 Å². The van der Waals surface area contributed by atoms with Crippen LogP contribution >= 0.6 is 0 Å². The normalized spacial score (nSPS) is 30.7. The van der Waals surface area contributed by atoms with Crippen LogP contribution in [0.1, 0.15) is 60.3 Å². The molecule has 2 heteroatoms. The van der Waals surface area contributed by atoms with Crippen LogP contribution in [0.5, 0.6) is 0 Å². The van der Waals surface area contributed by atoms with Crippen molar-refractivity contribution in [2.75, 3.05) is 13.2 Å². The largest absolute Gasteiger partial charge is 0.376 e. The van der Waals surface area contributed by atoms with Crippen LogP contribution in [-0.2, 0) is 4.74 Å². The standard InChI is InChI=1S/C16H33NO/c1-6-9-17-14(5)11-18-16-10-13(4)7-8-15(16)12(2)3/h12-17H,6-11H2,1-5H3. The molecule has 0 heterocycles. The lowest BCUT2D eigenvalue weighted by Gasteiger charge is -2.37. The number of hydrogen-bond donors (Lipinski definition) is 1. The lowest BCUT2D eigenvalue weighted by atomic mass is 9.75. The maximum atomic E-state index is 6.22. The van der Waals surface area contributed by atoms with Gasteiger partial charge in [0, 0.05) is 6.04 Å². The van der Waals surface area contributed by atoms with Crippen LogP contribution in [0.2, 0.25) is 0 Å². The molecule has 1 aliphatic carbocycles. The number of rotatable bonds is 7. The monoisotopic (exact) mass is 255 g/mol. The first kappa shape index (κ1) is 16.0. The van der Waals surface area contributed by atoms with Crippen LogP contribution in [0.25, 0.3) is 0 Å². The van der Waals surface area contributed by atoms with Gasteiger partial charge in [-0.2, -0.15) is 0 Å². The van der Waals surface area contributed by atoms with Gasteiger partial charge in [0.25, 0.3) is 0 Å². The summed E-state index contributed by atoms with van der Waals surface area (Å²) in [4.78, 5) is 0. The Morgan fingerprint density at radius 2 is 1.94 bits per heavy atom. The Kier molecular flexibility index (Phi) is 7.25. The highest BCUT2D eigenvalue weighted by atomic mass is 16.5. The topological polar surface area (TPSA) is 21.3 Å². The van der Waals surface area contributed by atoms with Gasteiger partial charge >= 0.3 is 0 Å². The summed E-state index contributed by atoms with van der Waals surface area (Å²) in [6.07, 6.45) is 5.66. The van der Waals surface area contributed by atoms with Crippen molar-refractivity contribution in [3.05, 3.63) is 0 Å². The smallest absolute Gasteiger partial charge is 0.0620 e. The molecule has 0 aromatic rings. The van der Waals surface area contributed by atoms with Crippen LogP contribution in [0.4, 0.5) is 0 Å². The molecule has 108 valence electrons. The molecule has 2 nitrogen and oxygen atoms in total. The third-order valence-corrected chi connectivity index (χ3v) is 4.26. The van der Waals surface area contributed by atoms with E-state index in [1.54, 1.807) is 0 Å². The molecule has 1 N–H and O–H groups in total. The molecule has 1 rings (SSSR count). The average Bonchev–Trinajstić information content (AvgIpc) is 2.33. The van der Waals surface area contributed by atoms with Gasteiger partial charge in [-0.05, 0) is 50.5 Å². The maximum absolute atomic E-state index is 6.22. The van der Waals surface area contributed by atoms with E-state index in [9.17, 15) is 0 Å². The SMILES string of the molecule is CCCNC(C)COC1CC(C)CCC1C(C)C. The van der Waals surface area contributed by atoms with Crippen molar-refractivity contribution in [1.29, 1.82) is 0 Å². The third kappa shape index (κ3) is 5.27. The summed E-state index contributed by atoms with van der Waals surface area (Å²) >= 11 is 0. The van der Waals surface area contributed by atoms with E-state index >= 15 is 0 Å². The zero-order valence-corrected chi connectivity index (χ0v) is 13.0. The molecule has 1 saturated carbocycles. The zero-order chi connectivity index (χ0) is 13.5. The van der Waals surface area contributed by atoms with Gasteiger partial charge in [0.2, 0.25) is 0 Å². The van der Waals surface area contributed by atoms with E-state index in [1.807, 2.05) is 0 Å². The van der Waals surface area contributed by atoms with Crippen molar-refractivity contribution in [1.82, 2.24) is 5.32 Å². The van der Waals surface area contributed by atoms with Crippen LogP contribution < -0.4 is 5.32 Å². The molecule has 18 heavy (non-hydrogen) atoms. The maximum Gasteiger partial charge on any atom is 0.0620 e. The predicted octanol–water partition coefficient (Wildman–Crippen LogP) is 3.85. The third-order valence-electron chi connectivity index (χ3n) is 4.26. The molecule has 0 radical (unpaired) electrons. The average molecular weight is 255 g/mol. The minimum Gasteiger partial charge on any atom is -0.376 e. The molecule has 1 fully saturated rings. The van der Waals surface area contributed by atoms with Crippen molar-refractivity contribution in [2.24, 2.45) is 17.8 Å². The van der Waals surface area contributed by atoms with Crippen molar-refractivity contribution in [3.63, 3.8) is 0 Å². The fraction of sp³-hybridized carbons (Fsp3) is 1.00. The molecule has 4 unspecified atom stereocenters. The second-order valence-corrected chi connectivity index (χ2v) is 6.55. The number of hydrogen-bond acceptors (Lipinski definition) is 2. The molecule has 1 aliphatic rings. The molecule has 0 amide bonds. The van der Waals surface area contributed by atoms with E-state index in [2.05, 4.69) is 39.9 Å². The zero-order valence-electron chi connectivity index (χ0n) is 13.0. The van der Waals surface area contributed by atoms with Gasteiger partial charge in [0.1, 0.15) is 0 Å². The van der Waals surface area contributed by atoms with Gasteiger partial charge in [-0.1, -0.05) is 34.1 Å². The number of nitrogens with one attached hydrogen (secondary N) is 1. The molecular weight excluding hydrogens is 222 g/mol. The molecule has 0 bridgehead atoms. The fourth-order valence-corrected chi connectivity index (χ4v) is 3.02. The van der Waals surface area contributed by atoms with Crippen molar-refractivity contribution >= 4 is 0 Å². The molecule has 4 atom stereocenters. The van der Waals surface area contributed by atoms with E-state index in [1.165, 1.54) is 25.7 Å². The van der Waals surface area contributed by atoms with Gasteiger partial charge in [0.15, 0.2) is 0 Å². The van der Waals surface area contributed by atoms with Gasteiger partial charge in [-0.25, -0.2) is 0 Å². The first-order valence-electron chi connectivity index (χ1n) is 7.89. The lowest BCUT2D eigenvalue weighted by molar-refractivity contribution is -0.0443. The van der Waals surface area contributed by atoms with E-state index in [4.69, 9.17) is 4.74 Å². The fourth-order valence-electron chi connectivity index (χ4n) is 3.02. The molecule has 0 saturated heterocycles. The molecule has 0 spiro atoms. The van der Waals surface area contributed by atoms with E-state index in [-0.39, 0.29) is 0 Å². The van der Waals surface area contributed by atoms with Gasteiger partial charge in [-0.15, -0.1) is 0 Å². The predicted molar refractivity (Wildman–Crippen MR) is 78.8 cm³/mol. The van der Waals surface area contributed by atoms with Crippen LogP contribution in [0, 0.1) is 17.8 Å². The first-order chi connectivity index (χ1) is 8.54. The summed E-state index contributed by atoms with van der Waals surface area (Å²) in [6, 6.07) is 0.481. The Hall–Kier alpha value is -0.0800. The Morgan fingerprint density at radius 1 is 1.22 bits per heavy atom. The Bertz CT molecular complexity index is 217. The van der Waals surface area contributed by atoms with E-state index in [0.29, 0.717) is 12.1 Å². The first-order valence-corrected chi connectivity index (χ1v) is 7.89. The Labute approximate surface area is 114 Å². The summed E-state index contributed by atoms with van der Waals surface area (Å²) in [5.74, 6) is 2.35. The van der Waals surface area contributed by atoms with Crippen LogP contribution in [0.3, 0.4) is 0 Å². The minimum absolute atomic E-state index is 0.481. The highest BCUT2D eigenvalue weighted by Crippen LogP contribution is 2.35. The molecular formula is C16H33NO. The summed E-state index contributed by atoms with van der Waals surface area (Å²) < 4.78 is 6.22. The second-order valence-electron chi connectivity index (χ2n) is 6.55. The molecule has 0 aromatic carbocycles. The molecule has 0 aliphatic heterocycles. The van der Waals surface area contributed by atoms with Crippen LogP contribution in [-0.4, -0.2) is 25.3 Å². The summed E-state index contributed by atoms with van der Waals surface area (Å²) in [5.41, 5.74) is 0. The highest BCUT2D eigenvalue weighted by molar-refractivity contribution is 4.81. The summed E-state index contributed by atoms with van der Waals surface area (Å²) in [6.45, 7) is 13.4. The minimum atomic E-state index is 0.481. The summed E-state index contributed by atoms with van der Waals surface area (Å²) in [7, 11) is 0. The van der Waals surface area contributed by atoms with E-state index < -0.39 is 0 Å². The van der Waals surface area contributed by atoms with Gasteiger partial charge in [0.05, 0.1) is 12.7 Å². The quantitative estimate of drug-likeness (QED) is 0.746. The Morgan fingerprint density at radius 3 is 2.56 bits per heavy atom. The number of ether oxygens (including phenoxy) is 1. The van der Waals surface area contributed by atoms with Crippen molar-refractivity contribution in [2.45, 2.75) is 72.4 Å². The second kappa shape index (κ2) is 8.16. The van der Waals surface area contributed by atoms with Crippen LogP contribution in [0.15, 0.2) is 0 Å². The van der Waals surface area contributed by atoms with Crippen molar-refractivity contribution in [3.8, 4) is 0 Å². The summed E-state index contributed by atoms with van der Waals surface area (Å²) in [5, 5.41) is 3.50. The molecule has 0 aromatic heterocycles. The van der Waals surface area contributed by atoms with E-state index in [0.717, 1.165) is 30.9 Å². The highest BCUT2D eigenvalue weighted by Gasteiger charge is 2.31. The van der Waals surface area contributed by atoms with Gasteiger partial charge in [-0.3, -0.25) is 0 Å².